The Morgan fingerprint density at radius 1 is 1.07 bits per heavy atom. The highest BCUT2D eigenvalue weighted by molar-refractivity contribution is 6.04. The average molecular weight is 364 g/mol. The van der Waals surface area contributed by atoms with Crippen molar-refractivity contribution in [3.63, 3.8) is 0 Å². The molecule has 140 valence electrons. The van der Waals surface area contributed by atoms with E-state index in [4.69, 9.17) is 9.26 Å². The zero-order valence-corrected chi connectivity index (χ0v) is 16.1. The number of hydrogen-bond donors (Lipinski definition) is 1. The minimum Gasteiger partial charge on any atom is -0.487 e. The van der Waals surface area contributed by atoms with Gasteiger partial charge in [0.2, 0.25) is 0 Å². The van der Waals surface area contributed by atoms with Gasteiger partial charge in [0, 0.05) is 17.3 Å². The molecule has 0 aliphatic carbocycles. The Kier molecular flexibility index (Phi) is 5.31. The number of benzene rings is 2. The lowest BCUT2D eigenvalue weighted by Crippen LogP contribution is -2.14. The fourth-order valence-electron chi connectivity index (χ4n) is 2.60. The number of hydrogen-bond acceptors (Lipinski definition) is 4. The molecule has 2 aromatic carbocycles. The van der Waals surface area contributed by atoms with Crippen LogP contribution in [0.25, 0.3) is 0 Å². The van der Waals surface area contributed by atoms with Gasteiger partial charge in [-0.15, -0.1) is 0 Å². The maximum absolute atomic E-state index is 12.4. The highest BCUT2D eigenvalue weighted by atomic mass is 16.5. The minimum absolute atomic E-state index is 0.0650. The average Bonchev–Trinajstić information content (AvgIpc) is 3.06. The molecule has 5 heteroatoms. The Hall–Kier alpha value is -3.08. The number of anilines is 1. The molecule has 0 spiro atoms. The van der Waals surface area contributed by atoms with Crippen molar-refractivity contribution in [2.75, 3.05) is 5.32 Å². The van der Waals surface area contributed by atoms with Crippen LogP contribution >= 0.6 is 0 Å². The molecule has 27 heavy (non-hydrogen) atoms. The molecule has 0 aliphatic heterocycles. The van der Waals surface area contributed by atoms with Gasteiger partial charge in [0.05, 0.1) is 0 Å². The molecular weight excluding hydrogens is 340 g/mol. The van der Waals surface area contributed by atoms with E-state index >= 15 is 0 Å². The first-order chi connectivity index (χ1) is 12.8. The molecule has 0 radical (unpaired) electrons. The largest absolute Gasteiger partial charge is 0.487 e. The summed E-state index contributed by atoms with van der Waals surface area (Å²) in [7, 11) is 0. The van der Waals surface area contributed by atoms with Gasteiger partial charge in [0.1, 0.15) is 23.8 Å². The van der Waals surface area contributed by atoms with Crippen molar-refractivity contribution in [2.24, 2.45) is 0 Å². The molecule has 3 aromatic rings. The number of aryl methyl sites for hydroxylation is 1. The second-order valence-corrected chi connectivity index (χ2v) is 7.52. The van der Waals surface area contributed by atoms with Gasteiger partial charge in [-0.25, -0.2) is 0 Å². The van der Waals surface area contributed by atoms with Crippen LogP contribution < -0.4 is 10.1 Å². The zero-order valence-electron chi connectivity index (χ0n) is 16.1. The molecule has 0 fully saturated rings. The summed E-state index contributed by atoms with van der Waals surface area (Å²) in [4.78, 5) is 12.4. The van der Waals surface area contributed by atoms with Crippen LogP contribution in [0.2, 0.25) is 0 Å². The molecule has 0 saturated heterocycles. The number of ether oxygens (including phenoxy) is 1. The third-order valence-corrected chi connectivity index (χ3v) is 4.19. The smallest absolute Gasteiger partial charge is 0.255 e. The summed E-state index contributed by atoms with van der Waals surface area (Å²) in [6.45, 7) is 8.62. The fraction of sp³-hybridized carbons (Fsp3) is 0.273. The molecule has 0 bridgehead atoms. The van der Waals surface area contributed by atoms with E-state index in [1.807, 2.05) is 61.5 Å². The molecule has 0 saturated carbocycles. The number of carbonyl (C=O) groups excluding carboxylic acids is 1. The molecule has 0 aliphatic rings. The van der Waals surface area contributed by atoms with Gasteiger partial charge < -0.3 is 14.6 Å². The first-order valence-electron chi connectivity index (χ1n) is 8.88. The predicted molar refractivity (Wildman–Crippen MR) is 105 cm³/mol. The summed E-state index contributed by atoms with van der Waals surface area (Å²) in [5, 5.41) is 6.78. The Morgan fingerprint density at radius 3 is 2.30 bits per heavy atom. The monoisotopic (exact) mass is 364 g/mol. The van der Waals surface area contributed by atoms with E-state index in [1.54, 1.807) is 0 Å². The summed E-state index contributed by atoms with van der Waals surface area (Å²) in [6, 6.07) is 16.8. The molecular formula is C22H24N2O3. The summed E-state index contributed by atoms with van der Waals surface area (Å²) >= 11 is 0. The van der Waals surface area contributed by atoms with Crippen LogP contribution in [-0.4, -0.2) is 11.1 Å². The highest BCUT2D eigenvalue weighted by Crippen LogP contribution is 2.23. The van der Waals surface area contributed by atoms with Crippen molar-refractivity contribution in [3.05, 3.63) is 77.2 Å². The van der Waals surface area contributed by atoms with E-state index in [0.29, 0.717) is 23.6 Å². The van der Waals surface area contributed by atoms with Gasteiger partial charge in [-0.2, -0.15) is 0 Å². The lowest BCUT2D eigenvalue weighted by Gasteiger charge is -2.19. The number of rotatable bonds is 5. The first-order valence-corrected chi connectivity index (χ1v) is 8.88. The second-order valence-electron chi connectivity index (χ2n) is 7.52. The van der Waals surface area contributed by atoms with Gasteiger partial charge in [-0.1, -0.05) is 38.1 Å². The van der Waals surface area contributed by atoms with E-state index in [2.05, 4.69) is 31.2 Å². The van der Waals surface area contributed by atoms with E-state index in [-0.39, 0.29) is 11.3 Å². The quantitative estimate of drug-likeness (QED) is 0.683. The van der Waals surface area contributed by atoms with Crippen LogP contribution in [-0.2, 0) is 12.0 Å². The Bertz CT molecular complexity index is 904. The van der Waals surface area contributed by atoms with Crippen molar-refractivity contribution in [1.82, 2.24) is 5.16 Å². The fourth-order valence-corrected chi connectivity index (χ4v) is 2.60. The van der Waals surface area contributed by atoms with Crippen molar-refractivity contribution in [1.29, 1.82) is 0 Å². The third-order valence-electron chi connectivity index (χ3n) is 4.19. The number of amides is 1. The van der Waals surface area contributed by atoms with Gasteiger partial charge in [0.25, 0.3) is 5.91 Å². The summed E-state index contributed by atoms with van der Waals surface area (Å²) in [5.74, 6) is 1.31. The standard InChI is InChI=1S/C22H24N2O3/c1-15-13-19(24-27-15)14-26-20-11-9-18(10-12-20)23-21(25)16-5-7-17(8-6-16)22(2,3)4/h5-13H,14H2,1-4H3,(H,23,25). The molecule has 1 heterocycles. The minimum atomic E-state index is -0.137. The number of carbonyl (C=O) groups is 1. The van der Waals surface area contributed by atoms with Gasteiger partial charge in [-0.05, 0) is 54.3 Å². The van der Waals surface area contributed by atoms with Gasteiger partial charge >= 0.3 is 0 Å². The highest BCUT2D eigenvalue weighted by Gasteiger charge is 2.14. The maximum atomic E-state index is 12.4. The van der Waals surface area contributed by atoms with Crippen LogP contribution in [0.5, 0.6) is 5.75 Å². The number of nitrogens with zero attached hydrogens (tertiary/aromatic N) is 1. The SMILES string of the molecule is Cc1cc(COc2ccc(NC(=O)c3ccc(C(C)(C)C)cc3)cc2)no1. The van der Waals surface area contributed by atoms with Crippen molar-refractivity contribution >= 4 is 11.6 Å². The molecule has 0 atom stereocenters. The molecule has 3 rings (SSSR count). The van der Waals surface area contributed by atoms with Crippen LogP contribution in [0.3, 0.4) is 0 Å². The molecule has 1 N–H and O–H groups in total. The molecule has 1 aromatic heterocycles. The molecule has 1 amide bonds. The second kappa shape index (κ2) is 7.66. The van der Waals surface area contributed by atoms with Crippen LogP contribution in [0.15, 0.2) is 59.1 Å². The van der Waals surface area contributed by atoms with Crippen LogP contribution in [0.4, 0.5) is 5.69 Å². The van der Waals surface area contributed by atoms with E-state index in [9.17, 15) is 4.79 Å². The van der Waals surface area contributed by atoms with Crippen LogP contribution in [0.1, 0.15) is 48.1 Å². The zero-order chi connectivity index (χ0) is 19.4. The number of nitrogens with one attached hydrogen (secondary N) is 1. The van der Waals surface area contributed by atoms with Gasteiger partial charge in [0.15, 0.2) is 0 Å². The van der Waals surface area contributed by atoms with Crippen molar-refractivity contribution in [3.8, 4) is 5.75 Å². The van der Waals surface area contributed by atoms with E-state index < -0.39 is 0 Å². The Morgan fingerprint density at radius 2 is 1.74 bits per heavy atom. The summed E-state index contributed by atoms with van der Waals surface area (Å²) in [5.41, 5.74) is 3.34. The van der Waals surface area contributed by atoms with E-state index in [0.717, 1.165) is 11.5 Å². The number of aromatic nitrogens is 1. The third kappa shape index (κ3) is 4.97. The summed E-state index contributed by atoms with van der Waals surface area (Å²) < 4.78 is 10.7. The van der Waals surface area contributed by atoms with Crippen molar-refractivity contribution < 1.29 is 14.1 Å². The Labute approximate surface area is 159 Å². The topological polar surface area (TPSA) is 64.4 Å². The molecule has 5 nitrogen and oxygen atoms in total. The van der Waals surface area contributed by atoms with Gasteiger partial charge in [-0.3, -0.25) is 4.79 Å². The Balaban J connectivity index is 1.58. The summed E-state index contributed by atoms with van der Waals surface area (Å²) in [6.07, 6.45) is 0. The lowest BCUT2D eigenvalue weighted by molar-refractivity contribution is 0.102. The maximum Gasteiger partial charge on any atom is 0.255 e. The lowest BCUT2D eigenvalue weighted by atomic mass is 9.87. The van der Waals surface area contributed by atoms with Crippen molar-refractivity contribution in [2.45, 2.75) is 39.7 Å². The van der Waals surface area contributed by atoms with Crippen LogP contribution in [0, 0.1) is 6.92 Å². The first kappa shape index (κ1) is 18.7. The normalized spacial score (nSPS) is 11.3. The predicted octanol–water partition coefficient (Wildman–Crippen LogP) is 5.11. The molecule has 0 unspecified atom stereocenters. The van der Waals surface area contributed by atoms with E-state index in [1.165, 1.54) is 5.56 Å².